The lowest BCUT2D eigenvalue weighted by Gasteiger charge is -2.40. The van der Waals surface area contributed by atoms with Crippen molar-refractivity contribution in [1.82, 2.24) is 19.4 Å². The highest BCUT2D eigenvalue weighted by atomic mass is 16.2. The van der Waals surface area contributed by atoms with E-state index in [4.69, 9.17) is 0 Å². The predicted octanol–water partition coefficient (Wildman–Crippen LogP) is 1.51. The molecule has 0 aromatic carbocycles. The molecular formula is C16H26N4O2. The molecule has 0 N–H and O–H groups in total. The number of nitrogens with zero attached hydrogens (tertiary/aromatic N) is 4. The van der Waals surface area contributed by atoms with E-state index in [1.807, 2.05) is 18.4 Å². The molecule has 2 rings (SSSR count). The molecule has 1 aromatic rings. The Hall–Kier alpha value is -1.85. The molecule has 0 spiro atoms. The largest absolute Gasteiger partial charge is 0.333 e. The number of imidazole rings is 1. The summed E-state index contributed by atoms with van der Waals surface area (Å²) in [5.41, 5.74) is 0.974. The van der Waals surface area contributed by atoms with Crippen LogP contribution in [0.5, 0.6) is 0 Å². The van der Waals surface area contributed by atoms with Crippen molar-refractivity contribution in [2.24, 2.45) is 5.92 Å². The van der Waals surface area contributed by atoms with E-state index >= 15 is 0 Å². The van der Waals surface area contributed by atoms with Crippen LogP contribution in [0, 0.1) is 5.92 Å². The zero-order valence-corrected chi connectivity index (χ0v) is 14.0. The Morgan fingerprint density at radius 2 is 2.00 bits per heavy atom. The molecule has 0 unspecified atom stereocenters. The van der Waals surface area contributed by atoms with Gasteiger partial charge in [0.15, 0.2) is 0 Å². The van der Waals surface area contributed by atoms with Crippen molar-refractivity contribution in [3.05, 3.63) is 18.2 Å². The number of aryl methyl sites for hydroxylation is 1. The van der Waals surface area contributed by atoms with Gasteiger partial charge in [-0.1, -0.05) is 13.8 Å². The van der Waals surface area contributed by atoms with Gasteiger partial charge in [0.1, 0.15) is 6.04 Å². The number of hydrogen-bond acceptors (Lipinski definition) is 3. The van der Waals surface area contributed by atoms with Gasteiger partial charge in [-0.15, -0.1) is 0 Å². The van der Waals surface area contributed by atoms with Crippen LogP contribution in [0.25, 0.3) is 0 Å². The minimum atomic E-state index is -0.360. The van der Waals surface area contributed by atoms with E-state index < -0.39 is 0 Å². The smallest absolute Gasteiger partial charge is 0.245 e. The topological polar surface area (TPSA) is 58.4 Å². The summed E-state index contributed by atoms with van der Waals surface area (Å²) in [5, 5.41) is 0. The third kappa shape index (κ3) is 3.31. The van der Waals surface area contributed by atoms with Gasteiger partial charge in [0.25, 0.3) is 0 Å². The van der Waals surface area contributed by atoms with Gasteiger partial charge in [0, 0.05) is 19.3 Å². The molecular weight excluding hydrogens is 280 g/mol. The van der Waals surface area contributed by atoms with Gasteiger partial charge >= 0.3 is 0 Å². The molecule has 122 valence electrons. The van der Waals surface area contributed by atoms with Crippen LogP contribution in [0.2, 0.25) is 0 Å². The van der Waals surface area contributed by atoms with Crippen LogP contribution in [0.3, 0.4) is 0 Å². The van der Waals surface area contributed by atoms with Gasteiger partial charge in [0.05, 0.1) is 25.1 Å². The molecule has 0 bridgehead atoms. The minimum absolute atomic E-state index is 0.0240. The van der Waals surface area contributed by atoms with Crippen LogP contribution in [0.4, 0.5) is 0 Å². The Labute approximate surface area is 132 Å². The van der Waals surface area contributed by atoms with Crippen molar-refractivity contribution in [2.45, 2.75) is 53.2 Å². The lowest BCUT2D eigenvalue weighted by molar-refractivity contribution is -0.157. The highest BCUT2D eigenvalue weighted by molar-refractivity contribution is 5.94. The second-order valence-electron chi connectivity index (χ2n) is 6.19. The lowest BCUT2D eigenvalue weighted by Crippen LogP contribution is -2.59. The van der Waals surface area contributed by atoms with E-state index in [0.717, 1.165) is 12.2 Å². The van der Waals surface area contributed by atoms with Crippen LogP contribution >= 0.6 is 0 Å². The summed E-state index contributed by atoms with van der Waals surface area (Å²) in [4.78, 5) is 32.7. The Morgan fingerprint density at radius 1 is 1.27 bits per heavy atom. The standard InChI is InChI=1S/C16H26N4O2/c1-5-18-10-15(21)20(14(16(18)22)7-12(3)4)9-13-8-17-11-19(13)6-2/h8,11-12,14H,5-7,9-10H2,1-4H3/t14-/m0/s1. The quantitative estimate of drug-likeness (QED) is 0.800. The monoisotopic (exact) mass is 306 g/mol. The number of amides is 2. The first-order chi connectivity index (χ1) is 10.5. The van der Waals surface area contributed by atoms with E-state index in [1.165, 1.54) is 0 Å². The summed E-state index contributed by atoms with van der Waals surface area (Å²) in [6.07, 6.45) is 4.24. The van der Waals surface area contributed by atoms with Crippen LogP contribution < -0.4 is 0 Å². The highest BCUT2D eigenvalue weighted by Gasteiger charge is 2.39. The van der Waals surface area contributed by atoms with Crippen molar-refractivity contribution in [3.63, 3.8) is 0 Å². The zero-order chi connectivity index (χ0) is 16.3. The molecule has 1 atom stereocenters. The second-order valence-corrected chi connectivity index (χ2v) is 6.19. The van der Waals surface area contributed by atoms with Crippen molar-refractivity contribution >= 4 is 11.8 Å². The summed E-state index contributed by atoms with van der Waals surface area (Å²) >= 11 is 0. The van der Waals surface area contributed by atoms with Crippen molar-refractivity contribution in [2.75, 3.05) is 13.1 Å². The van der Waals surface area contributed by atoms with Crippen LogP contribution in [-0.2, 0) is 22.7 Å². The summed E-state index contributed by atoms with van der Waals surface area (Å²) in [7, 11) is 0. The molecule has 1 aromatic heterocycles. The van der Waals surface area contributed by atoms with Gasteiger partial charge in [-0.25, -0.2) is 4.98 Å². The average Bonchev–Trinajstić information content (AvgIpc) is 2.93. The Balaban J connectivity index is 2.25. The first-order valence-corrected chi connectivity index (χ1v) is 8.05. The van der Waals surface area contributed by atoms with Crippen LogP contribution in [-0.4, -0.2) is 50.3 Å². The minimum Gasteiger partial charge on any atom is -0.333 e. The highest BCUT2D eigenvalue weighted by Crippen LogP contribution is 2.21. The number of aromatic nitrogens is 2. The molecule has 2 amide bonds. The van der Waals surface area contributed by atoms with E-state index in [9.17, 15) is 9.59 Å². The molecule has 1 fully saturated rings. The summed E-state index contributed by atoms with van der Waals surface area (Å²) in [6.45, 7) is 10.1. The lowest BCUT2D eigenvalue weighted by atomic mass is 9.98. The maximum atomic E-state index is 12.6. The fourth-order valence-electron chi connectivity index (χ4n) is 2.93. The number of carbonyl (C=O) groups excluding carboxylic acids is 2. The molecule has 6 nitrogen and oxygen atoms in total. The van der Waals surface area contributed by atoms with Crippen molar-refractivity contribution in [1.29, 1.82) is 0 Å². The van der Waals surface area contributed by atoms with Gasteiger partial charge in [-0.05, 0) is 26.2 Å². The molecule has 1 aliphatic heterocycles. The number of rotatable bonds is 6. The van der Waals surface area contributed by atoms with E-state index in [0.29, 0.717) is 25.4 Å². The molecule has 6 heteroatoms. The Morgan fingerprint density at radius 3 is 2.59 bits per heavy atom. The molecule has 0 saturated carbocycles. The van der Waals surface area contributed by atoms with Gasteiger partial charge in [-0.2, -0.15) is 0 Å². The summed E-state index contributed by atoms with van der Waals surface area (Å²) < 4.78 is 2.01. The first-order valence-electron chi connectivity index (χ1n) is 8.05. The van der Waals surface area contributed by atoms with Crippen molar-refractivity contribution < 1.29 is 9.59 Å². The Bertz CT molecular complexity index is 538. The van der Waals surface area contributed by atoms with E-state index in [1.54, 1.807) is 22.3 Å². The second kappa shape index (κ2) is 6.94. The third-order valence-electron chi connectivity index (χ3n) is 4.17. The maximum absolute atomic E-state index is 12.6. The summed E-state index contributed by atoms with van der Waals surface area (Å²) in [6, 6.07) is -0.360. The van der Waals surface area contributed by atoms with E-state index in [2.05, 4.69) is 18.8 Å². The fourth-order valence-corrected chi connectivity index (χ4v) is 2.93. The van der Waals surface area contributed by atoms with Crippen molar-refractivity contribution in [3.8, 4) is 0 Å². The fraction of sp³-hybridized carbons (Fsp3) is 0.688. The molecule has 2 heterocycles. The van der Waals surface area contributed by atoms with Gasteiger partial charge in [0.2, 0.25) is 11.8 Å². The average molecular weight is 306 g/mol. The first kappa shape index (κ1) is 16.5. The molecule has 1 aliphatic rings. The molecule has 0 aliphatic carbocycles. The normalized spacial score (nSPS) is 19.4. The number of piperazine rings is 1. The number of likely N-dealkylation sites (N-methyl/N-ethyl adjacent to an activating group) is 1. The SMILES string of the molecule is CCN1CC(=O)N(Cc2cncn2CC)[C@@H](CC(C)C)C1=O. The zero-order valence-electron chi connectivity index (χ0n) is 14.0. The Kier molecular flexibility index (Phi) is 5.21. The van der Waals surface area contributed by atoms with Gasteiger partial charge in [-0.3, -0.25) is 9.59 Å². The molecule has 1 saturated heterocycles. The molecule has 0 radical (unpaired) electrons. The van der Waals surface area contributed by atoms with Gasteiger partial charge < -0.3 is 14.4 Å². The predicted molar refractivity (Wildman–Crippen MR) is 83.9 cm³/mol. The molecule has 22 heavy (non-hydrogen) atoms. The number of hydrogen-bond donors (Lipinski definition) is 0. The maximum Gasteiger partial charge on any atom is 0.245 e. The third-order valence-corrected chi connectivity index (χ3v) is 4.17. The van der Waals surface area contributed by atoms with E-state index in [-0.39, 0.29) is 24.4 Å². The number of carbonyl (C=O) groups is 2. The van der Waals surface area contributed by atoms with Crippen LogP contribution in [0.15, 0.2) is 12.5 Å². The summed E-state index contributed by atoms with van der Waals surface area (Å²) in [5.74, 6) is 0.450. The van der Waals surface area contributed by atoms with Crippen LogP contribution in [0.1, 0.15) is 39.8 Å².